The zero-order chi connectivity index (χ0) is 23.9. The first-order valence-corrected chi connectivity index (χ1v) is 10.9. The predicted molar refractivity (Wildman–Crippen MR) is 130 cm³/mol. The number of nitrogens with one attached hydrogen (secondary N) is 1. The number of ether oxygens (including phenoxy) is 3. The summed E-state index contributed by atoms with van der Waals surface area (Å²) in [4.78, 5) is 23.2. The first kappa shape index (κ1) is 22.9. The SMILES string of the molecule is COc1cc(C=CCNC(=O)OCC2c3ccccc3-c3ccccc32)ccc1OCC(N)=O. The van der Waals surface area contributed by atoms with Crippen LogP contribution in [0.15, 0.2) is 72.8 Å². The van der Waals surface area contributed by atoms with Crippen LogP contribution in [0.5, 0.6) is 11.5 Å². The van der Waals surface area contributed by atoms with Gasteiger partial charge in [-0.3, -0.25) is 4.79 Å². The largest absolute Gasteiger partial charge is 0.493 e. The number of benzene rings is 3. The highest BCUT2D eigenvalue weighted by Gasteiger charge is 2.28. The number of alkyl carbamates (subject to hydrolysis) is 1. The summed E-state index contributed by atoms with van der Waals surface area (Å²) in [6.45, 7) is 0.349. The molecule has 0 saturated heterocycles. The number of hydrogen-bond donors (Lipinski definition) is 2. The fourth-order valence-electron chi connectivity index (χ4n) is 4.04. The van der Waals surface area contributed by atoms with Crippen molar-refractivity contribution in [3.05, 3.63) is 89.5 Å². The molecule has 1 aliphatic rings. The lowest BCUT2D eigenvalue weighted by Crippen LogP contribution is -2.26. The first-order valence-electron chi connectivity index (χ1n) is 10.9. The lowest BCUT2D eigenvalue weighted by molar-refractivity contribution is -0.119. The van der Waals surface area contributed by atoms with Gasteiger partial charge in [0.15, 0.2) is 18.1 Å². The maximum atomic E-state index is 12.3. The van der Waals surface area contributed by atoms with E-state index in [-0.39, 0.29) is 19.1 Å². The Kier molecular flexibility index (Phi) is 7.13. The molecule has 3 aromatic rings. The highest BCUT2D eigenvalue weighted by atomic mass is 16.5. The third-order valence-corrected chi connectivity index (χ3v) is 5.58. The Morgan fingerprint density at radius 1 is 0.971 bits per heavy atom. The van der Waals surface area contributed by atoms with E-state index in [2.05, 4.69) is 29.6 Å². The molecule has 0 aliphatic heterocycles. The Morgan fingerprint density at radius 2 is 1.65 bits per heavy atom. The summed E-state index contributed by atoms with van der Waals surface area (Å²) in [7, 11) is 1.51. The number of carbonyl (C=O) groups excluding carboxylic acids is 2. The van der Waals surface area contributed by atoms with Crippen molar-refractivity contribution in [1.82, 2.24) is 5.32 Å². The van der Waals surface area contributed by atoms with Crippen molar-refractivity contribution >= 4 is 18.1 Å². The van der Waals surface area contributed by atoms with Crippen LogP contribution in [-0.2, 0) is 9.53 Å². The zero-order valence-electron chi connectivity index (χ0n) is 18.8. The Morgan fingerprint density at radius 3 is 2.29 bits per heavy atom. The molecule has 0 spiro atoms. The van der Waals surface area contributed by atoms with Crippen LogP contribution in [0.25, 0.3) is 17.2 Å². The van der Waals surface area contributed by atoms with Gasteiger partial charge in [-0.15, -0.1) is 0 Å². The monoisotopic (exact) mass is 458 g/mol. The molecule has 0 heterocycles. The standard InChI is InChI=1S/C27H26N2O5/c1-32-25-15-18(12-13-24(25)33-17-26(28)30)7-6-14-29-27(31)34-16-23-21-10-4-2-8-19(21)20-9-3-5-11-22(20)23/h2-13,15,23H,14,16-17H2,1H3,(H2,28,30)(H,29,31). The van der Waals surface area contributed by atoms with Gasteiger partial charge in [0.1, 0.15) is 6.61 Å². The van der Waals surface area contributed by atoms with E-state index in [0.717, 1.165) is 5.56 Å². The quantitative estimate of drug-likeness (QED) is 0.503. The topological polar surface area (TPSA) is 99.9 Å². The van der Waals surface area contributed by atoms with Crippen molar-refractivity contribution in [2.24, 2.45) is 5.73 Å². The van der Waals surface area contributed by atoms with Gasteiger partial charge in [-0.25, -0.2) is 4.79 Å². The number of methoxy groups -OCH3 is 1. The van der Waals surface area contributed by atoms with Gasteiger partial charge < -0.3 is 25.3 Å². The fraction of sp³-hybridized carbons (Fsp3) is 0.185. The lowest BCUT2D eigenvalue weighted by atomic mass is 9.98. The molecular weight excluding hydrogens is 432 g/mol. The molecule has 3 N–H and O–H groups in total. The summed E-state index contributed by atoms with van der Waals surface area (Å²) in [5.74, 6) is 0.366. The van der Waals surface area contributed by atoms with Gasteiger partial charge >= 0.3 is 6.09 Å². The normalized spacial score (nSPS) is 12.1. The minimum atomic E-state index is -0.565. The van der Waals surface area contributed by atoms with E-state index in [1.807, 2.05) is 36.4 Å². The number of nitrogens with two attached hydrogens (primary N) is 1. The van der Waals surface area contributed by atoms with Gasteiger partial charge in [-0.1, -0.05) is 66.7 Å². The van der Waals surface area contributed by atoms with Gasteiger partial charge in [-0.05, 0) is 39.9 Å². The van der Waals surface area contributed by atoms with E-state index in [0.29, 0.717) is 18.0 Å². The molecule has 7 nitrogen and oxygen atoms in total. The van der Waals surface area contributed by atoms with E-state index in [1.54, 1.807) is 18.2 Å². The van der Waals surface area contributed by atoms with Crippen molar-refractivity contribution in [2.75, 3.05) is 26.9 Å². The smallest absolute Gasteiger partial charge is 0.407 e. The predicted octanol–water partition coefficient (Wildman–Crippen LogP) is 4.11. The second-order valence-corrected chi connectivity index (χ2v) is 7.77. The van der Waals surface area contributed by atoms with E-state index in [1.165, 1.54) is 29.4 Å². The molecule has 3 aromatic carbocycles. The molecule has 0 radical (unpaired) electrons. The molecule has 0 unspecified atom stereocenters. The summed E-state index contributed by atoms with van der Waals surface area (Å²) in [6, 6.07) is 21.7. The van der Waals surface area contributed by atoms with E-state index < -0.39 is 12.0 Å². The van der Waals surface area contributed by atoms with Crippen LogP contribution in [0.2, 0.25) is 0 Å². The number of amides is 2. The first-order chi connectivity index (χ1) is 16.6. The van der Waals surface area contributed by atoms with E-state index in [9.17, 15) is 9.59 Å². The molecule has 1 aliphatic carbocycles. The van der Waals surface area contributed by atoms with Crippen LogP contribution in [0.3, 0.4) is 0 Å². The average molecular weight is 459 g/mol. The average Bonchev–Trinajstić information content (AvgIpc) is 3.18. The summed E-state index contributed by atoms with van der Waals surface area (Å²) in [6.07, 6.45) is 3.17. The second kappa shape index (κ2) is 10.6. The Hall–Kier alpha value is -4.26. The number of fused-ring (bicyclic) bond motifs is 3. The van der Waals surface area contributed by atoms with Crippen molar-refractivity contribution in [3.8, 4) is 22.6 Å². The fourth-order valence-corrected chi connectivity index (χ4v) is 4.04. The third kappa shape index (κ3) is 5.20. The van der Waals surface area contributed by atoms with Crippen molar-refractivity contribution < 1.29 is 23.8 Å². The number of primary amides is 1. The highest BCUT2D eigenvalue weighted by Crippen LogP contribution is 2.44. The van der Waals surface area contributed by atoms with Crippen LogP contribution >= 0.6 is 0 Å². The highest BCUT2D eigenvalue weighted by molar-refractivity contribution is 5.79. The molecule has 7 heteroatoms. The summed E-state index contributed by atoms with van der Waals surface area (Å²) >= 11 is 0. The van der Waals surface area contributed by atoms with Crippen molar-refractivity contribution in [2.45, 2.75) is 5.92 Å². The van der Waals surface area contributed by atoms with Gasteiger partial charge in [-0.2, -0.15) is 0 Å². The maximum Gasteiger partial charge on any atom is 0.407 e. The number of carbonyl (C=O) groups is 2. The van der Waals surface area contributed by atoms with Crippen LogP contribution < -0.4 is 20.5 Å². The molecule has 34 heavy (non-hydrogen) atoms. The molecule has 0 fully saturated rings. The van der Waals surface area contributed by atoms with Crippen LogP contribution in [-0.4, -0.2) is 38.9 Å². The summed E-state index contributed by atoms with van der Waals surface area (Å²) in [5, 5.41) is 2.74. The summed E-state index contributed by atoms with van der Waals surface area (Å²) < 4.78 is 16.1. The Labute approximate surface area is 198 Å². The molecule has 2 amide bonds. The molecule has 174 valence electrons. The molecular formula is C27H26N2O5. The Balaban J connectivity index is 1.29. The summed E-state index contributed by atoms with van der Waals surface area (Å²) in [5.41, 5.74) is 10.7. The molecule has 0 aromatic heterocycles. The van der Waals surface area contributed by atoms with Crippen LogP contribution in [0.4, 0.5) is 4.79 Å². The van der Waals surface area contributed by atoms with Crippen LogP contribution in [0, 0.1) is 0 Å². The van der Waals surface area contributed by atoms with E-state index in [4.69, 9.17) is 19.9 Å². The number of hydrogen-bond acceptors (Lipinski definition) is 5. The van der Waals surface area contributed by atoms with Gasteiger partial charge in [0.05, 0.1) is 7.11 Å². The minimum Gasteiger partial charge on any atom is -0.493 e. The molecule has 0 atom stereocenters. The lowest BCUT2D eigenvalue weighted by Gasteiger charge is -2.14. The molecule has 0 bridgehead atoms. The van der Waals surface area contributed by atoms with Crippen molar-refractivity contribution in [1.29, 1.82) is 0 Å². The van der Waals surface area contributed by atoms with Gasteiger partial charge in [0.25, 0.3) is 5.91 Å². The van der Waals surface area contributed by atoms with Gasteiger partial charge in [0, 0.05) is 12.5 Å². The zero-order valence-corrected chi connectivity index (χ0v) is 18.8. The molecule has 0 saturated carbocycles. The second-order valence-electron chi connectivity index (χ2n) is 7.77. The van der Waals surface area contributed by atoms with Gasteiger partial charge in [0.2, 0.25) is 0 Å². The Bertz CT molecular complexity index is 1180. The number of rotatable bonds is 9. The third-order valence-electron chi connectivity index (χ3n) is 5.58. The van der Waals surface area contributed by atoms with E-state index >= 15 is 0 Å². The van der Waals surface area contributed by atoms with Crippen LogP contribution in [0.1, 0.15) is 22.6 Å². The molecule has 4 rings (SSSR count). The van der Waals surface area contributed by atoms with Crippen molar-refractivity contribution in [3.63, 3.8) is 0 Å². The maximum absolute atomic E-state index is 12.3. The minimum absolute atomic E-state index is 0.0245.